The van der Waals surface area contributed by atoms with Gasteiger partial charge in [-0.2, -0.15) is 18.3 Å². The number of carbonyl (C=O) groups is 1. The Morgan fingerprint density at radius 3 is 2.45 bits per heavy atom. The molecule has 2 heterocycles. The molecule has 4 aromatic rings. The van der Waals surface area contributed by atoms with Crippen molar-refractivity contribution in [2.75, 3.05) is 5.32 Å². The van der Waals surface area contributed by atoms with Crippen LogP contribution in [0.15, 0.2) is 48.7 Å². The van der Waals surface area contributed by atoms with Crippen LogP contribution in [0.4, 0.5) is 18.3 Å². The minimum atomic E-state index is -4.77. The molecule has 0 aliphatic heterocycles. The number of anilines is 1. The largest absolute Gasteiger partial charge is 0.434 e. The summed E-state index contributed by atoms with van der Waals surface area (Å²) in [4.78, 5) is 16.9. The van der Waals surface area contributed by atoms with Crippen molar-refractivity contribution in [3.63, 3.8) is 0 Å². The first-order valence-corrected chi connectivity index (χ1v) is 9.45. The molecular weight excluding hydrogens is 401 g/mol. The maximum atomic E-state index is 13.8. The minimum Gasteiger partial charge on any atom is -0.298 e. The van der Waals surface area contributed by atoms with Crippen LogP contribution in [0.2, 0.25) is 0 Å². The lowest BCUT2D eigenvalue weighted by atomic mass is 10.2. The highest BCUT2D eigenvalue weighted by atomic mass is 32.1. The molecule has 4 rings (SSSR count). The maximum absolute atomic E-state index is 13.8. The zero-order valence-corrected chi connectivity index (χ0v) is 16.2. The normalized spacial score (nSPS) is 11.8. The fourth-order valence-electron chi connectivity index (χ4n) is 2.92. The van der Waals surface area contributed by atoms with Crippen molar-refractivity contribution in [3.05, 3.63) is 71.0 Å². The monoisotopic (exact) mass is 416 g/mol. The molecule has 29 heavy (non-hydrogen) atoms. The average Bonchev–Trinajstić information content (AvgIpc) is 3.25. The van der Waals surface area contributed by atoms with Crippen molar-refractivity contribution in [2.45, 2.75) is 20.0 Å². The molecule has 0 atom stereocenters. The van der Waals surface area contributed by atoms with Crippen molar-refractivity contribution in [1.82, 2.24) is 14.8 Å². The quantitative estimate of drug-likeness (QED) is 0.488. The molecule has 0 bridgehead atoms. The van der Waals surface area contributed by atoms with Gasteiger partial charge >= 0.3 is 6.18 Å². The average molecular weight is 416 g/mol. The van der Waals surface area contributed by atoms with Gasteiger partial charge in [0.25, 0.3) is 5.91 Å². The molecule has 1 amide bonds. The van der Waals surface area contributed by atoms with Crippen molar-refractivity contribution in [1.29, 1.82) is 0 Å². The van der Waals surface area contributed by atoms with E-state index in [1.165, 1.54) is 23.5 Å². The fourth-order valence-corrected chi connectivity index (χ4v) is 3.88. The van der Waals surface area contributed by atoms with Crippen LogP contribution in [0.5, 0.6) is 0 Å². The maximum Gasteiger partial charge on any atom is 0.434 e. The number of aryl methyl sites for hydroxylation is 2. The van der Waals surface area contributed by atoms with Gasteiger partial charge in [-0.25, -0.2) is 9.67 Å². The Kier molecular flexibility index (Phi) is 4.62. The van der Waals surface area contributed by atoms with E-state index < -0.39 is 23.3 Å². The third-order valence-electron chi connectivity index (χ3n) is 4.33. The number of fused-ring (bicyclic) bond motifs is 1. The zero-order valence-electron chi connectivity index (χ0n) is 15.4. The van der Waals surface area contributed by atoms with Crippen LogP contribution in [0.3, 0.4) is 0 Å². The Morgan fingerprint density at radius 1 is 1.07 bits per heavy atom. The Labute approximate surface area is 167 Å². The van der Waals surface area contributed by atoms with Crippen LogP contribution in [0.1, 0.15) is 27.2 Å². The highest BCUT2D eigenvalue weighted by Gasteiger charge is 2.40. The standard InChI is InChI=1S/C20H15F3N4OS/c1-11-3-6-13(7-4-11)27-17(20(21,22)23)14(10-24-27)18(28)26-19-25-15-8-5-12(2)9-16(15)29-19/h3-10H,1-2H3,(H,25,26,28). The minimum absolute atomic E-state index is 0.220. The summed E-state index contributed by atoms with van der Waals surface area (Å²) in [5.74, 6) is -0.911. The predicted molar refractivity (Wildman–Crippen MR) is 106 cm³/mol. The molecule has 0 unspecified atom stereocenters. The highest BCUT2D eigenvalue weighted by Crippen LogP contribution is 2.34. The van der Waals surface area contributed by atoms with Crippen LogP contribution in [0, 0.1) is 13.8 Å². The SMILES string of the molecule is Cc1ccc(-n2ncc(C(=O)Nc3nc4ccc(C)cc4s3)c2C(F)(F)F)cc1. The molecule has 0 aliphatic rings. The fraction of sp³-hybridized carbons (Fsp3) is 0.150. The highest BCUT2D eigenvalue weighted by molar-refractivity contribution is 7.22. The lowest BCUT2D eigenvalue weighted by molar-refractivity contribution is -0.143. The summed E-state index contributed by atoms with van der Waals surface area (Å²) in [6, 6.07) is 12.0. The Bertz CT molecular complexity index is 1210. The summed E-state index contributed by atoms with van der Waals surface area (Å²) in [5, 5.41) is 6.52. The molecule has 0 radical (unpaired) electrons. The summed E-state index contributed by atoms with van der Waals surface area (Å²) in [7, 11) is 0. The molecule has 0 spiro atoms. The first kappa shape index (κ1) is 19.1. The molecular formula is C20H15F3N4OS. The molecule has 2 aromatic carbocycles. The van der Waals surface area contributed by atoms with Gasteiger partial charge in [0, 0.05) is 0 Å². The van der Waals surface area contributed by atoms with Crippen LogP contribution in [-0.4, -0.2) is 20.7 Å². The van der Waals surface area contributed by atoms with Gasteiger partial charge in [-0.3, -0.25) is 10.1 Å². The van der Waals surface area contributed by atoms with E-state index in [4.69, 9.17) is 0 Å². The number of hydrogen-bond acceptors (Lipinski definition) is 4. The van der Waals surface area contributed by atoms with Gasteiger partial charge in [-0.15, -0.1) is 0 Å². The molecule has 1 N–H and O–H groups in total. The van der Waals surface area contributed by atoms with Crippen molar-refractivity contribution in [2.24, 2.45) is 0 Å². The summed E-state index contributed by atoms with van der Waals surface area (Å²) in [6.45, 7) is 3.75. The molecule has 5 nitrogen and oxygen atoms in total. The van der Waals surface area contributed by atoms with Crippen LogP contribution in [-0.2, 0) is 6.18 Å². The van der Waals surface area contributed by atoms with E-state index in [0.29, 0.717) is 5.52 Å². The molecule has 0 fully saturated rings. The molecule has 0 saturated heterocycles. The number of hydrogen-bond donors (Lipinski definition) is 1. The van der Waals surface area contributed by atoms with E-state index in [9.17, 15) is 18.0 Å². The second kappa shape index (κ2) is 7.00. The van der Waals surface area contributed by atoms with Gasteiger partial charge < -0.3 is 0 Å². The van der Waals surface area contributed by atoms with Gasteiger partial charge in [-0.1, -0.05) is 35.1 Å². The van der Waals surface area contributed by atoms with Crippen LogP contribution < -0.4 is 5.32 Å². The smallest absolute Gasteiger partial charge is 0.298 e. The number of alkyl halides is 3. The number of nitrogens with zero attached hydrogens (tertiary/aromatic N) is 3. The molecule has 2 aromatic heterocycles. The summed E-state index contributed by atoms with van der Waals surface area (Å²) < 4.78 is 42.9. The summed E-state index contributed by atoms with van der Waals surface area (Å²) in [6.07, 6.45) is -3.84. The Hall–Kier alpha value is -3.20. The Balaban J connectivity index is 1.71. The number of aromatic nitrogens is 3. The van der Waals surface area contributed by atoms with E-state index in [1.54, 1.807) is 18.2 Å². The van der Waals surface area contributed by atoms with Gasteiger partial charge in [0.15, 0.2) is 10.8 Å². The third kappa shape index (κ3) is 3.73. The van der Waals surface area contributed by atoms with Crippen LogP contribution >= 0.6 is 11.3 Å². The second-order valence-corrected chi connectivity index (χ2v) is 7.63. The third-order valence-corrected chi connectivity index (χ3v) is 5.26. The van der Waals surface area contributed by atoms with Crippen molar-refractivity contribution < 1.29 is 18.0 Å². The number of rotatable bonds is 3. The Morgan fingerprint density at radius 2 is 1.76 bits per heavy atom. The van der Waals surface area contributed by atoms with E-state index in [-0.39, 0.29) is 10.8 Å². The summed E-state index contributed by atoms with van der Waals surface area (Å²) >= 11 is 1.20. The van der Waals surface area contributed by atoms with E-state index >= 15 is 0 Å². The van der Waals surface area contributed by atoms with Crippen LogP contribution in [0.25, 0.3) is 15.9 Å². The predicted octanol–water partition coefficient (Wildman–Crippen LogP) is 5.37. The van der Waals surface area contributed by atoms with Gasteiger partial charge in [0.1, 0.15) is 0 Å². The zero-order chi connectivity index (χ0) is 20.8. The number of nitrogens with one attached hydrogen (secondary N) is 1. The van der Waals surface area contributed by atoms with Gasteiger partial charge in [0.2, 0.25) is 0 Å². The molecule has 0 saturated carbocycles. The van der Waals surface area contributed by atoms with E-state index in [0.717, 1.165) is 26.7 Å². The van der Waals surface area contributed by atoms with Crippen molar-refractivity contribution in [3.8, 4) is 5.69 Å². The topological polar surface area (TPSA) is 59.8 Å². The first-order chi connectivity index (χ1) is 13.7. The molecule has 9 heteroatoms. The summed E-state index contributed by atoms with van der Waals surface area (Å²) in [5.41, 5.74) is 1.13. The van der Waals surface area contributed by atoms with E-state index in [1.807, 2.05) is 26.0 Å². The lowest BCUT2D eigenvalue weighted by Crippen LogP contribution is -2.20. The van der Waals surface area contributed by atoms with Crippen molar-refractivity contribution >= 4 is 32.6 Å². The number of benzene rings is 2. The molecule has 0 aliphatic carbocycles. The van der Waals surface area contributed by atoms with E-state index in [2.05, 4.69) is 15.4 Å². The first-order valence-electron chi connectivity index (χ1n) is 8.63. The number of halogens is 3. The lowest BCUT2D eigenvalue weighted by Gasteiger charge is -2.12. The number of thiazole rings is 1. The number of carbonyl (C=O) groups excluding carboxylic acids is 1. The molecule has 148 valence electrons. The van der Waals surface area contributed by atoms with Gasteiger partial charge in [-0.05, 0) is 43.7 Å². The second-order valence-electron chi connectivity index (χ2n) is 6.60. The van der Waals surface area contributed by atoms with Gasteiger partial charge in [0.05, 0.1) is 27.7 Å². The number of amides is 1.